The van der Waals surface area contributed by atoms with Crippen molar-refractivity contribution < 1.29 is 55.0 Å². The van der Waals surface area contributed by atoms with Gasteiger partial charge in [0.1, 0.15) is 11.5 Å². The quantitative estimate of drug-likeness (QED) is 0.200. The Morgan fingerprint density at radius 2 is 1.00 bits per heavy atom. The van der Waals surface area contributed by atoms with Crippen LogP contribution in [0.4, 0.5) is 0 Å². The summed E-state index contributed by atoms with van der Waals surface area (Å²) in [5, 5.41) is 0. The molecule has 0 aromatic heterocycles. The van der Waals surface area contributed by atoms with Gasteiger partial charge in [0.2, 0.25) is 31.9 Å². The lowest BCUT2D eigenvalue weighted by Gasteiger charge is -2.22. The first kappa shape index (κ1) is 44.6. The number of hydrogen-bond acceptors (Lipinski definition) is 12. The molecule has 2 amide bonds. The molecule has 0 N–H and O–H groups in total. The molecule has 0 spiro atoms. The Balaban J connectivity index is 0.000000873. The molecule has 2 rings (SSSR count). The lowest BCUT2D eigenvalue weighted by Crippen LogP contribution is -2.40. The second-order valence-electron chi connectivity index (χ2n) is 10.7. The van der Waals surface area contributed by atoms with Crippen LogP contribution in [-0.2, 0) is 48.8 Å². The van der Waals surface area contributed by atoms with Gasteiger partial charge in [-0.1, -0.05) is 0 Å². The van der Waals surface area contributed by atoms with Crippen LogP contribution in [0.5, 0.6) is 11.5 Å². The van der Waals surface area contributed by atoms with E-state index in [0.29, 0.717) is 40.3 Å². The summed E-state index contributed by atoms with van der Waals surface area (Å²) in [6.45, 7) is 8.57. The highest BCUT2D eigenvalue weighted by molar-refractivity contribution is 7.89. The molecule has 0 aliphatic carbocycles. The van der Waals surface area contributed by atoms with Gasteiger partial charge in [0, 0.05) is 34.7 Å². The molecule has 0 bridgehead atoms. The summed E-state index contributed by atoms with van der Waals surface area (Å²) < 4.78 is 67.8. The van der Waals surface area contributed by atoms with Crippen molar-refractivity contribution in [3.63, 3.8) is 0 Å². The van der Waals surface area contributed by atoms with Crippen LogP contribution in [0.1, 0.15) is 29.2 Å². The molecule has 0 saturated heterocycles. The van der Waals surface area contributed by atoms with E-state index in [1.165, 1.54) is 40.3 Å². The minimum Gasteiger partial charge on any atom is -0.497 e. The normalized spacial score (nSPS) is 10.9. The highest BCUT2D eigenvalue weighted by atomic mass is 32.2. The third-order valence-electron chi connectivity index (χ3n) is 7.05. The number of rotatable bonds is 14. The van der Waals surface area contributed by atoms with E-state index >= 15 is 0 Å². The predicted molar refractivity (Wildman–Crippen MR) is 178 cm³/mol. The molecule has 0 fully saturated rings. The van der Waals surface area contributed by atoms with Gasteiger partial charge in [-0.15, -0.1) is 0 Å². The molecular formula is C31H46N4O12S2. The Kier molecular flexibility index (Phi) is 18.4. The second kappa shape index (κ2) is 20.2. The molecule has 18 heteroatoms. The Labute approximate surface area is 288 Å². The zero-order valence-corrected chi connectivity index (χ0v) is 31.4. The Morgan fingerprint density at radius 3 is 1.27 bits per heavy atom. The largest absolute Gasteiger partial charge is 0.497 e. The van der Waals surface area contributed by atoms with Crippen molar-refractivity contribution in [2.45, 2.75) is 44.4 Å². The number of carbonyl (C=O) groups excluding carboxylic acids is 5. The highest BCUT2D eigenvalue weighted by Crippen LogP contribution is 2.29. The molecule has 2 aromatic carbocycles. The van der Waals surface area contributed by atoms with E-state index in [2.05, 4.69) is 4.74 Å². The molecule has 0 radical (unpaired) electrons. The van der Waals surface area contributed by atoms with Gasteiger partial charge in [0.25, 0.3) is 6.47 Å². The number of amides is 2. The smallest absolute Gasteiger partial charge is 0.373 e. The molecule has 0 aliphatic heterocycles. The Morgan fingerprint density at radius 1 is 0.694 bits per heavy atom. The van der Waals surface area contributed by atoms with Crippen LogP contribution in [0.3, 0.4) is 0 Å². The summed E-state index contributed by atoms with van der Waals surface area (Å²) in [4.78, 5) is 53.3. The Hall–Kier alpha value is -4.35. The fraction of sp³-hybridized carbons (Fsp3) is 0.484. The molecule has 274 valence electrons. The number of carbonyl (C=O) groups is 3. The van der Waals surface area contributed by atoms with Gasteiger partial charge in [-0.05, 0) is 81.1 Å². The second-order valence-corrected chi connectivity index (χ2v) is 14.6. The summed E-state index contributed by atoms with van der Waals surface area (Å²) in [6, 6.07) is 6.60. The summed E-state index contributed by atoms with van der Waals surface area (Å²) in [6.07, 6.45) is 0.250. The Bertz CT molecular complexity index is 1660. The number of aryl methyl sites for hydroxylation is 4. The minimum atomic E-state index is -3.85. The van der Waals surface area contributed by atoms with Crippen molar-refractivity contribution in [2.75, 3.05) is 68.8 Å². The first-order valence-corrected chi connectivity index (χ1v) is 17.3. The van der Waals surface area contributed by atoms with Crippen LogP contribution in [-0.4, -0.2) is 128 Å². The number of ether oxygens (including phenoxy) is 3. The van der Waals surface area contributed by atoms with Gasteiger partial charge in [-0.3, -0.25) is 14.4 Å². The maximum Gasteiger partial charge on any atom is 0.373 e. The van der Waals surface area contributed by atoms with Crippen LogP contribution < -0.4 is 9.47 Å². The van der Waals surface area contributed by atoms with Crippen LogP contribution in [0.2, 0.25) is 0 Å². The van der Waals surface area contributed by atoms with Crippen LogP contribution in [0.15, 0.2) is 34.1 Å². The number of nitrogens with zero attached hydrogens (tertiary/aromatic N) is 4. The van der Waals surface area contributed by atoms with Crippen LogP contribution in [0, 0.1) is 27.7 Å². The first-order valence-electron chi connectivity index (χ1n) is 14.5. The maximum absolute atomic E-state index is 12.8. The molecule has 0 atom stereocenters. The third kappa shape index (κ3) is 12.6. The number of sulfonamides is 2. The molecule has 0 saturated carbocycles. The number of methoxy groups -OCH3 is 2. The summed E-state index contributed by atoms with van der Waals surface area (Å²) in [7, 11) is 1.25. The average molecular weight is 731 g/mol. The van der Waals surface area contributed by atoms with Crippen molar-refractivity contribution in [3.05, 3.63) is 46.5 Å². The standard InChI is InChI=1S/C15H22N2O6S.C15H24N2O4S.CO2/c1-11-6-13(22-5)7-12(2)15(11)24(20,21)17(4)8-14(19)16(3)9-23-10-18;1-7-16(4)14(18)10-17(5)22(19,20)15-11(2)8-13(21-6)9-12(15)3;2-1-3/h6-7,10H,8-9H2,1-5H3;8-9H,7,10H2,1-6H3;. The molecule has 0 aliphatic rings. The van der Waals surface area contributed by atoms with E-state index in [-0.39, 0.29) is 48.1 Å². The van der Waals surface area contributed by atoms with E-state index in [1.807, 2.05) is 6.92 Å². The number of benzene rings is 2. The molecule has 0 unspecified atom stereocenters. The van der Waals surface area contributed by atoms with Gasteiger partial charge in [0.05, 0.1) is 37.1 Å². The number of likely N-dealkylation sites (N-methyl/N-ethyl adjacent to an activating group) is 4. The van der Waals surface area contributed by atoms with Gasteiger partial charge < -0.3 is 24.0 Å². The van der Waals surface area contributed by atoms with E-state index in [1.54, 1.807) is 59.0 Å². The van der Waals surface area contributed by atoms with E-state index in [4.69, 9.17) is 19.1 Å². The molecular weight excluding hydrogens is 684 g/mol. The summed E-state index contributed by atoms with van der Waals surface area (Å²) in [5.41, 5.74) is 2.26. The van der Waals surface area contributed by atoms with Gasteiger partial charge in [0.15, 0.2) is 6.73 Å². The first-order chi connectivity index (χ1) is 22.7. The molecule has 49 heavy (non-hydrogen) atoms. The monoisotopic (exact) mass is 730 g/mol. The summed E-state index contributed by atoms with van der Waals surface area (Å²) in [5.74, 6) is 0.441. The fourth-order valence-electron chi connectivity index (χ4n) is 4.37. The van der Waals surface area contributed by atoms with Gasteiger partial charge in [-0.25, -0.2) is 16.8 Å². The van der Waals surface area contributed by atoms with Crippen molar-refractivity contribution in [3.8, 4) is 11.5 Å². The lowest BCUT2D eigenvalue weighted by atomic mass is 10.1. The van der Waals surface area contributed by atoms with E-state index in [0.717, 1.165) is 13.5 Å². The topological polar surface area (TPSA) is 194 Å². The zero-order valence-electron chi connectivity index (χ0n) is 29.7. The van der Waals surface area contributed by atoms with E-state index < -0.39 is 26.0 Å². The number of hydrogen-bond donors (Lipinski definition) is 0. The molecule has 16 nitrogen and oxygen atoms in total. The SMILES string of the molecule is CCN(C)C(=O)CN(C)S(=O)(=O)c1c(C)cc(OC)cc1C.COc1cc(C)c(S(=O)(=O)N(C)CC(=O)N(C)COC=O)c(C)c1.O=C=O. The minimum absolute atomic E-state index is 0.144. The fourth-order valence-corrected chi connectivity index (χ4v) is 7.41. The molecule has 2 aromatic rings. The zero-order chi connectivity index (χ0) is 38.3. The van der Waals surface area contributed by atoms with Gasteiger partial charge in [-0.2, -0.15) is 18.2 Å². The van der Waals surface area contributed by atoms with E-state index in [9.17, 15) is 31.2 Å². The van der Waals surface area contributed by atoms with Crippen molar-refractivity contribution >= 4 is 44.5 Å². The predicted octanol–water partition coefficient (Wildman–Crippen LogP) is 1.35. The maximum atomic E-state index is 12.8. The van der Waals surface area contributed by atoms with Crippen molar-refractivity contribution in [1.29, 1.82) is 0 Å². The van der Waals surface area contributed by atoms with Crippen molar-refractivity contribution in [1.82, 2.24) is 18.4 Å². The lowest BCUT2D eigenvalue weighted by molar-refractivity contribution is -0.191. The van der Waals surface area contributed by atoms with Crippen LogP contribution in [0.25, 0.3) is 0 Å². The third-order valence-corrected chi connectivity index (χ3v) is 11.3. The average Bonchev–Trinajstić information content (AvgIpc) is 3.02. The highest BCUT2D eigenvalue weighted by Gasteiger charge is 2.29. The van der Waals surface area contributed by atoms with Crippen molar-refractivity contribution in [2.24, 2.45) is 0 Å². The summed E-state index contributed by atoms with van der Waals surface area (Å²) >= 11 is 0. The van der Waals surface area contributed by atoms with Gasteiger partial charge >= 0.3 is 6.15 Å². The molecule has 0 heterocycles. The van der Waals surface area contributed by atoms with Crippen LogP contribution >= 0.6 is 0 Å².